The van der Waals surface area contributed by atoms with Crippen LogP contribution in [0.4, 0.5) is 0 Å². The van der Waals surface area contributed by atoms with Crippen LogP contribution in [-0.4, -0.2) is 50.7 Å². The zero-order valence-corrected chi connectivity index (χ0v) is 8.96. The van der Waals surface area contributed by atoms with E-state index in [1.165, 1.54) is 0 Å². The largest absolute Gasteiger partial charge is 0.465 e. The smallest absolute Gasteiger partial charge is 0.319 e. The molecule has 0 bridgehead atoms. The van der Waals surface area contributed by atoms with Crippen LogP contribution < -0.4 is 5.32 Å². The summed E-state index contributed by atoms with van der Waals surface area (Å²) in [7, 11) is 4.01. The van der Waals surface area contributed by atoms with Crippen molar-refractivity contribution in [1.82, 2.24) is 10.2 Å². The van der Waals surface area contributed by atoms with E-state index in [0.717, 1.165) is 6.54 Å². The molecule has 0 aliphatic carbocycles. The second-order valence-corrected chi connectivity index (χ2v) is 3.35. The van der Waals surface area contributed by atoms with Gasteiger partial charge in [0.25, 0.3) is 0 Å². The Morgan fingerprint density at radius 1 is 1.54 bits per heavy atom. The summed E-state index contributed by atoms with van der Waals surface area (Å²) in [5, 5.41) is 3.08. The maximum absolute atomic E-state index is 10.9. The van der Waals surface area contributed by atoms with Gasteiger partial charge in [-0.05, 0) is 27.9 Å². The lowest BCUT2D eigenvalue weighted by molar-refractivity contribution is -0.142. The monoisotopic (exact) mass is 188 g/mol. The summed E-state index contributed by atoms with van der Waals surface area (Å²) in [6.45, 7) is 5.51. The van der Waals surface area contributed by atoms with Gasteiger partial charge in [0.1, 0.15) is 0 Å². The summed E-state index contributed by atoms with van der Waals surface area (Å²) in [5.74, 6) is -0.187. The second kappa shape index (κ2) is 6.86. The van der Waals surface area contributed by atoms with E-state index in [-0.39, 0.29) is 5.97 Å². The van der Waals surface area contributed by atoms with Crippen LogP contribution in [0, 0.1) is 0 Å². The first-order valence-corrected chi connectivity index (χ1v) is 4.60. The zero-order valence-electron chi connectivity index (χ0n) is 8.96. The molecule has 0 aromatic carbocycles. The molecular weight excluding hydrogens is 168 g/mol. The van der Waals surface area contributed by atoms with Gasteiger partial charge in [-0.15, -0.1) is 0 Å². The molecule has 1 N–H and O–H groups in total. The summed E-state index contributed by atoms with van der Waals surface area (Å²) in [5.41, 5.74) is 0. The SMILES string of the molecule is CCOC(=O)CNC(C)CN(C)C. The minimum atomic E-state index is -0.187. The minimum Gasteiger partial charge on any atom is -0.465 e. The Kier molecular flexibility index (Phi) is 6.54. The van der Waals surface area contributed by atoms with Gasteiger partial charge in [0.05, 0.1) is 13.2 Å². The van der Waals surface area contributed by atoms with Crippen molar-refractivity contribution in [2.45, 2.75) is 19.9 Å². The molecule has 0 radical (unpaired) electrons. The molecule has 0 spiro atoms. The molecule has 0 aliphatic rings. The van der Waals surface area contributed by atoms with Crippen LogP contribution >= 0.6 is 0 Å². The topological polar surface area (TPSA) is 41.6 Å². The number of rotatable bonds is 6. The standard InChI is InChI=1S/C9H20N2O2/c1-5-13-9(12)6-10-8(2)7-11(3)4/h8,10H,5-7H2,1-4H3. The molecule has 1 unspecified atom stereocenters. The van der Waals surface area contributed by atoms with E-state index in [0.29, 0.717) is 19.2 Å². The zero-order chi connectivity index (χ0) is 10.3. The predicted molar refractivity (Wildman–Crippen MR) is 52.7 cm³/mol. The number of carbonyl (C=O) groups excluding carboxylic acids is 1. The van der Waals surface area contributed by atoms with Gasteiger partial charge < -0.3 is 15.0 Å². The van der Waals surface area contributed by atoms with Gasteiger partial charge in [-0.3, -0.25) is 4.79 Å². The summed E-state index contributed by atoms with van der Waals surface area (Å²) in [6.07, 6.45) is 0. The normalized spacial score (nSPS) is 13.0. The van der Waals surface area contributed by atoms with Crippen molar-refractivity contribution in [2.24, 2.45) is 0 Å². The third-order valence-corrected chi connectivity index (χ3v) is 1.54. The van der Waals surface area contributed by atoms with Gasteiger partial charge in [0.2, 0.25) is 0 Å². The first-order valence-electron chi connectivity index (χ1n) is 4.60. The van der Waals surface area contributed by atoms with Crippen LogP contribution in [0.5, 0.6) is 0 Å². The first kappa shape index (κ1) is 12.4. The van der Waals surface area contributed by atoms with E-state index >= 15 is 0 Å². The van der Waals surface area contributed by atoms with Crippen molar-refractivity contribution in [3.05, 3.63) is 0 Å². The van der Waals surface area contributed by atoms with Crippen molar-refractivity contribution < 1.29 is 9.53 Å². The number of nitrogens with zero attached hydrogens (tertiary/aromatic N) is 1. The van der Waals surface area contributed by atoms with E-state index in [1.54, 1.807) is 6.92 Å². The molecule has 0 fully saturated rings. The van der Waals surface area contributed by atoms with Crippen LogP contribution in [0.3, 0.4) is 0 Å². The molecule has 78 valence electrons. The highest BCUT2D eigenvalue weighted by molar-refractivity contribution is 5.71. The molecular formula is C9H20N2O2. The minimum absolute atomic E-state index is 0.187. The van der Waals surface area contributed by atoms with Crippen molar-refractivity contribution in [3.8, 4) is 0 Å². The highest BCUT2D eigenvalue weighted by Gasteiger charge is 2.06. The molecule has 0 heterocycles. The third-order valence-electron chi connectivity index (χ3n) is 1.54. The maximum atomic E-state index is 10.9. The molecule has 4 heteroatoms. The Hall–Kier alpha value is -0.610. The van der Waals surface area contributed by atoms with Crippen molar-refractivity contribution >= 4 is 5.97 Å². The highest BCUT2D eigenvalue weighted by Crippen LogP contribution is 1.85. The lowest BCUT2D eigenvalue weighted by Crippen LogP contribution is -2.39. The highest BCUT2D eigenvalue weighted by atomic mass is 16.5. The summed E-state index contributed by atoms with van der Waals surface area (Å²) < 4.78 is 4.78. The Bertz CT molecular complexity index is 149. The molecule has 0 saturated heterocycles. The van der Waals surface area contributed by atoms with Crippen LogP contribution in [0.1, 0.15) is 13.8 Å². The molecule has 0 aliphatic heterocycles. The lowest BCUT2D eigenvalue weighted by Gasteiger charge is -2.17. The maximum Gasteiger partial charge on any atom is 0.319 e. The number of ether oxygens (including phenoxy) is 1. The van der Waals surface area contributed by atoms with Crippen LogP contribution in [0.25, 0.3) is 0 Å². The van der Waals surface area contributed by atoms with Gasteiger partial charge in [-0.1, -0.05) is 0 Å². The molecule has 13 heavy (non-hydrogen) atoms. The number of hydrogen-bond acceptors (Lipinski definition) is 4. The molecule has 0 aromatic heterocycles. The summed E-state index contributed by atoms with van der Waals surface area (Å²) in [4.78, 5) is 13.0. The lowest BCUT2D eigenvalue weighted by atomic mass is 10.3. The van der Waals surface area contributed by atoms with Gasteiger partial charge >= 0.3 is 5.97 Å². The van der Waals surface area contributed by atoms with E-state index in [4.69, 9.17) is 4.74 Å². The van der Waals surface area contributed by atoms with Crippen molar-refractivity contribution in [3.63, 3.8) is 0 Å². The van der Waals surface area contributed by atoms with Gasteiger partial charge in [-0.25, -0.2) is 0 Å². The van der Waals surface area contributed by atoms with E-state index in [9.17, 15) is 4.79 Å². The van der Waals surface area contributed by atoms with Crippen molar-refractivity contribution in [1.29, 1.82) is 0 Å². The Labute approximate surface area is 80.2 Å². The average Bonchev–Trinajstić information content (AvgIpc) is 2.00. The number of likely N-dealkylation sites (N-methyl/N-ethyl adjacent to an activating group) is 1. The fourth-order valence-corrected chi connectivity index (χ4v) is 1.08. The van der Waals surface area contributed by atoms with Gasteiger partial charge in [-0.2, -0.15) is 0 Å². The molecule has 0 rings (SSSR count). The Balaban J connectivity index is 3.45. The van der Waals surface area contributed by atoms with E-state index < -0.39 is 0 Å². The van der Waals surface area contributed by atoms with Gasteiger partial charge in [0.15, 0.2) is 0 Å². The molecule has 0 saturated carbocycles. The number of hydrogen-bond donors (Lipinski definition) is 1. The first-order chi connectivity index (χ1) is 6.06. The fourth-order valence-electron chi connectivity index (χ4n) is 1.08. The number of nitrogens with one attached hydrogen (secondary N) is 1. The van der Waals surface area contributed by atoms with E-state index in [2.05, 4.69) is 10.2 Å². The average molecular weight is 188 g/mol. The van der Waals surface area contributed by atoms with Crippen LogP contribution in [0.15, 0.2) is 0 Å². The predicted octanol–water partition coefficient (Wildman–Crippen LogP) is 0.0892. The number of esters is 1. The van der Waals surface area contributed by atoms with Crippen LogP contribution in [-0.2, 0) is 9.53 Å². The fraction of sp³-hybridized carbons (Fsp3) is 0.889. The summed E-state index contributed by atoms with van der Waals surface area (Å²) in [6, 6.07) is 0.305. The molecule has 0 amide bonds. The quantitative estimate of drug-likeness (QED) is 0.600. The van der Waals surface area contributed by atoms with Crippen molar-refractivity contribution in [2.75, 3.05) is 33.8 Å². The Morgan fingerprint density at radius 2 is 2.15 bits per heavy atom. The molecule has 1 atom stereocenters. The van der Waals surface area contributed by atoms with Gasteiger partial charge in [0, 0.05) is 12.6 Å². The molecule has 4 nitrogen and oxygen atoms in total. The third kappa shape index (κ3) is 7.74. The Morgan fingerprint density at radius 3 is 2.62 bits per heavy atom. The second-order valence-electron chi connectivity index (χ2n) is 3.35. The van der Waals surface area contributed by atoms with E-state index in [1.807, 2.05) is 21.0 Å². The van der Waals surface area contributed by atoms with Crippen LogP contribution in [0.2, 0.25) is 0 Å². The summed E-state index contributed by atoms with van der Waals surface area (Å²) >= 11 is 0. The molecule has 0 aromatic rings. The number of carbonyl (C=O) groups is 1.